The number of aromatic hydroxyl groups is 1. The second kappa shape index (κ2) is 6.76. The van der Waals surface area contributed by atoms with Crippen molar-refractivity contribution in [1.82, 2.24) is 25.5 Å². The highest BCUT2D eigenvalue weighted by Gasteiger charge is 2.42. The molecule has 3 rings (SSSR count). The standard InChI is InChI=1S/C16H21N5O2/c22-14-6-4-13(5-7-14)8-11-17-15(23)16(9-2-1-3-10-16)21-12-18-19-20-21/h4-7,12,22H,1-3,8-11H2,(H,17,23). The third kappa shape index (κ3) is 3.33. The normalized spacial score (nSPS) is 16.9. The Hall–Kier alpha value is -2.44. The number of nitrogens with zero attached hydrogens (tertiary/aromatic N) is 4. The summed E-state index contributed by atoms with van der Waals surface area (Å²) in [6, 6.07) is 7.03. The van der Waals surface area contributed by atoms with Crippen LogP contribution in [0.15, 0.2) is 30.6 Å². The summed E-state index contributed by atoms with van der Waals surface area (Å²) in [7, 11) is 0. The number of aromatic nitrogens is 4. The van der Waals surface area contributed by atoms with Crippen molar-refractivity contribution in [2.75, 3.05) is 6.54 Å². The van der Waals surface area contributed by atoms with Crippen molar-refractivity contribution >= 4 is 5.91 Å². The topological polar surface area (TPSA) is 92.9 Å². The molecule has 0 spiro atoms. The van der Waals surface area contributed by atoms with Gasteiger partial charge in [-0.2, -0.15) is 0 Å². The largest absolute Gasteiger partial charge is 0.508 e. The number of nitrogens with one attached hydrogen (secondary N) is 1. The van der Waals surface area contributed by atoms with Crippen LogP contribution in [0.2, 0.25) is 0 Å². The molecule has 0 unspecified atom stereocenters. The lowest BCUT2D eigenvalue weighted by Crippen LogP contribution is -2.50. The number of phenolic OH excluding ortho intramolecular Hbond substituents is 1. The van der Waals surface area contributed by atoms with E-state index in [-0.39, 0.29) is 11.7 Å². The molecule has 1 saturated carbocycles. The Kier molecular flexibility index (Phi) is 4.55. The molecule has 1 aromatic heterocycles. The lowest BCUT2D eigenvalue weighted by molar-refractivity contribution is -0.132. The molecule has 0 radical (unpaired) electrons. The smallest absolute Gasteiger partial charge is 0.248 e. The molecule has 1 aromatic carbocycles. The lowest BCUT2D eigenvalue weighted by Gasteiger charge is -2.35. The van der Waals surface area contributed by atoms with E-state index in [9.17, 15) is 9.90 Å². The van der Waals surface area contributed by atoms with Crippen LogP contribution in [0.4, 0.5) is 0 Å². The minimum absolute atomic E-state index is 0.0109. The molecular weight excluding hydrogens is 294 g/mol. The first-order chi connectivity index (χ1) is 11.2. The highest BCUT2D eigenvalue weighted by molar-refractivity contribution is 5.84. The van der Waals surface area contributed by atoms with Gasteiger partial charge in [-0.15, -0.1) is 5.10 Å². The molecule has 1 aliphatic carbocycles. The van der Waals surface area contributed by atoms with Gasteiger partial charge in [-0.3, -0.25) is 4.79 Å². The maximum Gasteiger partial charge on any atom is 0.248 e. The molecule has 23 heavy (non-hydrogen) atoms. The molecule has 0 bridgehead atoms. The molecule has 1 heterocycles. The van der Waals surface area contributed by atoms with Gasteiger partial charge in [0.05, 0.1) is 0 Å². The zero-order chi connectivity index (χ0) is 16.1. The minimum atomic E-state index is -0.656. The quantitative estimate of drug-likeness (QED) is 0.870. The molecule has 0 aliphatic heterocycles. The van der Waals surface area contributed by atoms with Crippen molar-refractivity contribution < 1.29 is 9.90 Å². The highest BCUT2D eigenvalue weighted by Crippen LogP contribution is 2.34. The van der Waals surface area contributed by atoms with E-state index in [4.69, 9.17) is 0 Å². The maximum absolute atomic E-state index is 12.8. The van der Waals surface area contributed by atoms with Crippen LogP contribution in [0.5, 0.6) is 5.75 Å². The number of amides is 1. The number of tetrazole rings is 1. The zero-order valence-electron chi connectivity index (χ0n) is 13.0. The Morgan fingerprint density at radius 1 is 1.22 bits per heavy atom. The Balaban J connectivity index is 1.64. The number of hydrogen-bond donors (Lipinski definition) is 2. The number of phenols is 1. The number of carbonyl (C=O) groups excluding carboxylic acids is 1. The van der Waals surface area contributed by atoms with E-state index in [1.54, 1.807) is 16.8 Å². The number of hydrogen-bond acceptors (Lipinski definition) is 5. The van der Waals surface area contributed by atoms with Crippen molar-refractivity contribution in [2.24, 2.45) is 0 Å². The minimum Gasteiger partial charge on any atom is -0.508 e. The molecule has 7 nitrogen and oxygen atoms in total. The molecule has 1 fully saturated rings. The first kappa shape index (κ1) is 15.5. The maximum atomic E-state index is 12.8. The van der Waals surface area contributed by atoms with Gasteiger partial charge in [-0.1, -0.05) is 31.4 Å². The average Bonchev–Trinajstić information content (AvgIpc) is 3.12. The fourth-order valence-electron chi connectivity index (χ4n) is 3.20. The summed E-state index contributed by atoms with van der Waals surface area (Å²) in [6.07, 6.45) is 6.94. The summed E-state index contributed by atoms with van der Waals surface area (Å²) < 4.78 is 1.61. The van der Waals surface area contributed by atoms with Gasteiger partial charge in [-0.25, -0.2) is 4.68 Å². The summed E-state index contributed by atoms with van der Waals surface area (Å²) in [6.45, 7) is 0.549. The van der Waals surface area contributed by atoms with E-state index < -0.39 is 5.54 Å². The second-order valence-corrected chi connectivity index (χ2v) is 6.02. The predicted molar refractivity (Wildman–Crippen MR) is 83.7 cm³/mol. The summed E-state index contributed by atoms with van der Waals surface area (Å²) in [4.78, 5) is 12.8. The number of carbonyl (C=O) groups is 1. The Bertz CT molecular complexity index is 633. The number of benzene rings is 1. The van der Waals surface area contributed by atoms with Gasteiger partial charge >= 0.3 is 0 Å². The van der Waals surface area contributed by atoms with Gasteiger partial charge in [0.25, 0.3) is 0 Å². The van der Waals surface area contributed by atoms with Gasteiger partial charge < -0.3 is 10.4 Å². The molecule has 2 aromatic rings. The van der Waals surface area contributed by atoms with E-state index in [1.807, 2.05) is 12.1 Å². The molecule has 2 N–H and O–H groups in total. The predicted octanol–water partition coefficient (Wildman–Crippen LogP) is 1.40. The monoisotopic (exact) mass is 315 g/mol. The van der Waals surface area contributed by atoms with Crippen LogP contribution >= 0.6 is 0 Å². The first-order valence-electron chi connectivity index (χ1n) is 8.00. The highest BCUT2D eigenvalue weighted by atomic mass is 16.3. The molecule has 0 atom stereocenters. The molecule has 0 saturated heterocycles. The van der Waals surface area contributed by atoms with Gasteiger partial charge in [0.15, 0.2) is 0 Å². The van der Waals surface area contributed by atoms with E-state index in [2.05, 4.69) is 20.8 Å². The molecule has 1 amide bonds. The fraction of sp³-hybridized carbons (Fsp3) is 0.500. The van der Waals surface area contributed by atoms with Crippen molar-refractivity contribution in [3.63, 3.8) is 0 Å². The third-order valence-corrected chi connectivity index (χ3v) is 4.53. The summed E-state index contributed by atoms with van der Waals surface area (Å²) in [5.74, 6) is 0.237. The van der Waals surface area contributed by atoms with E-state index in [0.29, 0.717) is 6.54 Å². The van der Waals surface area contributed by atoms with Crippen molar-refractivity contribution in [3.8, 4) is 5.75 Å². The second-order valence-electron chi connectivity index (χ2n) is 6.02. The lowest BCUT2D eigenvalue weighted by atomic mass is 9.81. The van der Waals surface area contributed by atoms with Gasteiger partial charge in [0, 0.05) is 6.54 Å². The van der Waals surface area contributed by atoms with Crippen LogP contribution < -0.4 is 5.32 Å². The van der Waals surface area contributed by atoms with Gasteiger partial charge in [0.1, 0.15) is 17.6 Å². The van der Waals surface area contributed by atoms with Crippen LogP contribution in [0.1, 0.15) is 37.7 Å². The van der Waals surface area contributed by atoms with Crippen molar-refractivity contribution in [3.05, 3.63) is 36.2 Å². The van der Waals surface area contributed by atoms with Crippen LogP contribution in [-0.2, 0) is 16.8 Å². The third-order valence-electron chi connectivity index (χ3n) is 4.53. The molecule has 122 valence electrons. The van der Waals surface area contributed by atoms with E-state index in [1.165, 1.54) is 6.33 Å². The van der Waals surface area contributed by atoms with Crippen LogP contribution in [0.25, 0.3) is 0 Å². The first-order valence-corrected chi connectivity index (χ1v) is 8.00. The van der Waals surface area contributed by atoms with Crippen LogP contribution in [0.3, 0.4) is 0 Å². The average molecular weight is 315 g/mol. The van der Waals surface area contributed by atoms with Gasteiger partial charge in [0.2, 0.25) is 5.91 Å². The molecule has 1 aliphatic rings. The summed E-state index contributed by atoms with van der Waals surface area (Å²) >= 11 is 0. The van der Waals surface area contributed by atoms with Gasteiger partial charge in [-0.05, 0) is 47.4 Å². The Labute approximate surface area is 134 Å². The van der Waals surface area contributed by atoms with E-state index >= 15 is 0 Å². The van der Waals surface area contributed by atoms with Crippen LogP contribution in [-0.4, -0.2) is 37.8 Å². The Morgan fingerprint density at radius 2 is 1.96 bits per heavy atom. The fourth-order valence-corrected chi connectivity index (χ4v) is 3.20. The van der Waals surface area contributed by atoms with Crippen molar-refractivity contribution in [1.29, 1.82) is 0 Å². The summed E-state index contributed by atoms with van der Waals surface area (Å²) in [5, 5.41) is 23.7. The summed E-state index contributed by atoms with van der Waals surface area (Å²) in [5.41, 5.74) is 0.416. The SMILES string of the molecule is O=C(NCCc1ccc(O)cc1)C1(n2cnnn2)CCCCC1. The molecular formula is C16H21N5O2. The molecule has 7 heteroatoms. The van der Waals surface area contributed by atoms with E-state index in [0.717, 1.165) is 44.1 Å². The Morgan fingerprint density at radius 3 is 2.61 bits per heavy atom. The van der Waals surface area contributed by atoms with Crippen LogP contribution in [0, 0.1) is 0 Å². The zero-order valence-corrected chi connectivity index (χ0v) is 13.0. The number of rotatable bonds is 5. The van der Waals surface area contributed by atoms with Crippen molar-refractivity contribution in [2.45, 2.75) is 44.1 Å².